The Morgan fingerprint density at radius 2 is 2.23 bits per heavy atom. The summed E-state index contributed by atoms with van der Waals surface area (Å²) in [6.45, 7) is 3.77. The zero-order valence-electron chi connectivity index (χ0n) is 7.87. The van der Waals surface area contributed by atoms with E-state index in [2.05, 4.69) is 27.5 Å². The van der Waals surface area contributed by atoms with E-state index in [4.69, 9.17) is 0 Å². The Labute approximate surface area is 93.9 Å². The molecule has 0 N–H and O–H groups in total. The van der Waals surface area contributed by atoms with Gasteiger partial charge in [0.2, 0.25) is 0 Å². The molecule has 5 heteroatoms. The number of rotatable bonds is 3. The lowest BCUT2D eigenvalue weighted by molar-refractivity contribution is 0.228. The molecule has 0 aliphatic carbocycles. The Kier molecular flexibility index (Phi) is 4.44. The average Bonchev–Trinajstić information content (AvgIpc) is 2.02. The van der Waals surface area contributed by atoms with Gasteiger partial charge >= 0.3 is 0 Å². The van der Waals surface area contributed by atoms with Crippen LogP contribution in [0.25, 0.3) is 0 Å². The quantitative estimate of drug-likeness (QED) is 0.574. The van der Waals surface area contributed by atoms with E-state index in [9.17, 15) is 8.42 Å². The monoisotopic (exact) mass is 317 g/mol. The first kappa shape index (κ1) is 11.7. The van der Waals surface area contributed by atoms with Crippen molar-refractivity contribution in [2.75, 3.05) is 29.0 Å². The van der Waals surface area contributed by atoms with Crippen molar-refractivity contribution in [3.05, 3.63) is 0 Å². The number of sulfone groups is 1. The fraction of sp³-hybridized carbons (Fsp3) is 1.00. The molecule has 1 fully saturated rings. The summed E-state index contributed by atoms with van der Waals surface area (Å²) in [5, 5.41) is 0. The van der Waals surface area contributed by atoms with Gasteiger partial charge in [0.25, 0.3) is 0 Å². The summed E-state index contributed by atoms with van der Waals surface area (Å²) >= 11 is 2.35. The molecule has 0 spiro atoms. The third-order valence-corrected chi connectivity index (χ3v) is 4.94. The van der Waals surface area contributed by atoms with E-state index in [-0.39, 0.29) is 6.04 Å². The van der Waals surface area contributed by atoms with Crippen LogP contribution in [0.15, 0.2) is 0 Å². The van der Waals surface area contributed by atoms with E-state index in [1.165, 1.54) is 0 Å². The van der Waals surface area contributed by atoms with Gasteiger partial charge in [0.15, 0.2) is 9.84 Å². The third-order valence-electron chi connectivity index (χ3n) is 2.39. The van der Waals surface area contributed by atoms with Crippen LogP contribution >= 0.6 is 22.6 Å². The van der Waals surface area contributed by atoms with Crippen LogP contribution in [-0.4, -0.2) is 48.4 Å². The molecule has 0 aromatic carbocycles. The maximum Gasteiger partial charge on any atom is 0.153 e. The molecule has 78 valence electrons. The van der Waals surface area contributed by atoms with Crippen molar-refractivity contribution >= 4 is 32.4 Å². The second-order valence-electron chi connectivity index (χ2n) is 3.54. The highest BCUT2D eigenvalue weighted by atomic mass is 127. The van der Waals surface area contributed by atoms with Gasteiger partial charge in [-0.1, -0.05) is 22.6 Å². The predicted molar refractivity (Wildman–Crippen MR) is 63.2 cm³/mol. The highest BCUT2D eigenvalue weighted by molar-refractivity contribution is 14.1. The van der Waals surface area contributed by atoms with Crippen molar-refractivity contribution in [3.63, 3.8) is 0 Å². The van der Waals surface area contributed by atoms with E-state index in [1.54, 1.807) is 0 Å². The van der Waals surface area contributed by atoms with Crippen LogP contribution in [0, 0.1) is 0 Å². The molecular weight excluding hydrogens is 301 g/mol. The maximum atomic E-state index is 11.3. The molecule has 0 aromatic rings. The molecule has 13 heavy (non-hydrogen) atoms. The fourth-order valence-corrected chi connectivity index (χ4v) is 3.59. The van der Waals surface area contributed by atoms with Gasteiger partial charge in [0, 0.05) is 17.0 Å². The SMILES string of the molecule is CC1CS(=O)(=O)CCN1CCCI. The van der Waals surface area contributed by atoms with Crippen molar-refractivity contribution in [1.29, 1.82) is 0 Å². The highest BCUT2D eigenvalue weighted by Crippen LogP contribution is 2.11. The summed E-state index contributed by atoms with van der Waals surface area (Å²) in [6, 6.07) is 0.210. The molecule has 1 atom stereocenters. The summed E-state index contributed by atoms with van der Waals surface area (Å²) in [7, 11) is -2.73. The van der Waals surface area contributed by atoms with Crippen LogP contribution in [0.2, 0.25) is 0 Å². The van der Waals surface area contributed by atoms with Crippen LogP contribution in [0.1, 0.15) is 13.3 Å². The zero-order valence-corrected chi connectivity index (χ0v) is 10.8. The van der Waals surface area contributed by atoms with Crippen LogP contribution < -0.4 is 0 Å². The number of nitrogens with zero attached hydrogens (tertiary/aromatic N) is 1. The largest absolute Gasteiger partial charge is 0.299 e. The van der Waals surface area contributed by atoms with Crippen LogP contribution in [0.3, 0.4) is 0 Å². The van der Waals surface area contributed by atoms with Crippen molar-refractivity contribution in [2.45, 2.75) is 19.4 Å². The first-order chi connectivity index (χ1) is 6.05. The normalized spacial score (nSPS) is 28.9. The minimum absolute atomic E-state index is 0.210. The van der Waals surface area contributed by atoms with Gasteiger partial charge in [0.1, 0.15) is 0 Å². The van der Waals surface area contributed by atoms with E-state index in [1.807, 2.05) is 6.92 Å². The summed E-state index contributed by atoms with van der Waals surface area (Å²) in [6.07, 6.45) is 1.16. The van der Waals surface area contributed by atoms with E-state index in [0.29, 0.717) is 11.5 Å². The second kappa shape index (κ2) is 4.93. The lowest BCUT2D eigenvalue weighted by atomic mass is 10.3. The Bertz CT molecular complexity index is 253. The van der Waals surface area contributed by atoms with Gasteiger partial charge in [0.05, 0.1) is 11.5 Å². The summed E-state index contributed by atoms with van der Waals surface area (Å²) in [5.74, 6) is 0.687. The molecule has 0 saturated carbocycles. The Balaban J connectivity index is 2.44. The first-order valence-corrected chi connectivity index (χ1v) is 7.90. The van der Waals surface area contributed by atoms with Gasteiger partial charge in [-0.15, -0.1) is 0 Å². The zero-order chi connectivity index (χ0) is 9.90. The lowest BCUT2D eigenvalue weighted by Gasteiger charge is -2.32. The molecule has 1 saturated heterocycles. The molecule has 1 rings (SSSR count). The molecule has 1 aliphatic heterocycles. The van der Waals surface area contributed by atoms with Crippen LogP contribution in [0.4, 0.5) is 0 Å². The van der Waals surface area contributed by atoms with E-state index >= 15 is 0 Å². The molecule has 1 unspecified atom stereocenters. The highest BCUT2D eigenvalue weighted by Gasteiger charge is 2.27. The van der Waals surface area contributed by atoms with Crippen molar-refractivity contribution < 1.29 is 8.42 Å². The van der Waals surface area contributed by atoms with Gasteiger partial charge in [-0.05, 0) is 19.9 Å². The average molecular weight is 317 g/mol. The van der Waals surface area contributed by atoms with Gasteiger partial charge in [-0.3, -0.25) is 4.90 Å². The molecule has 0 aromatic heterocycles. The van der Waals surface area contributed by atoms with Gasteiger partial charge in [-0.2, -0.15) is 0 Å². The summed E-state index contributed by atoms with van der Waals surface area (Å²) in [4.78, 5) is 2.28. The Morgan fingerprint density at radius 3 is 2.77 bits per heavy atom. The predicted octanol–water partition coefficient (Wildman–Crippen LogP) is 0.930. The Hall–Kier alpha value is 0.640. The van der Waals surface area contributed by atoms with E-state index < -0.39 is 9.84 Å². The first-order valence-electron chi connectivity index (χ1n) is 4.55. The minimum Gasteiger partial charge on any atom is -0.299 e. The maximum absolute atomic E-state index is 11.3. The number of alkyl halides is 1. The van der Waals surface area contributed by atoms with E-state index in [0.717, 1.165) is 23.9 Å². The summed E-state index contributed by atoms with van der Waals surface area (Å²) in [5.41, 5.74) is 0. The van der Waals surface area contributed by atoms with Gasteiger partial charge in [-0.25, -0.2) is 8.42 Å². The number of hydrogen-bond acceptors (Lipinski definition) is 3. The number of halogens is 1. The smallest absolute Gasteiger partial charge is 0.153 e. The van der Waals surface area contributed by atoms with Gasteiger partial charge < -0.3 is 0 Å². The van der Waals surface area contributed by atoms with Crippen molar-refractivity contribution in [2.24, 2.45) is 0 Å². The number of hydrogen-bond donors (Lipinski definition) is 0. The second-order valence-corrected chi connectivity index (χ2v) is 6.85. The standard InChI is InChI=1S/C8H16INO2S/c1-8-7-13(11,12)6-5-10(8)4-2-3-9/h8H,2-7H2,1H3. The minimum atomic E-state index is -2.73. The summed E-state index contributed by atoms with van der Waals surface area (Å²) < 4.78 is 23.7. The van der Waals surface area contributed by atoms with Crippen molar-refractivity contribution in [1.82, 2.24) is 4.90 Å². The molecule has 0 bridgehead atoms. The molecule has 1 aliphatic rings. The molecular formula is C8H16INO2S. The lowest BCUT2D eigenvalue weighted by Crippen LogP contribution is -2.47. The molecule has 3 nitrogen and oxygen atoms in total. The molecule has 0 radical (unpaired) electrons. The Morgan fingerprint density at radius 1 is 1.54 bits per heavy atom. The van der Waals surface area contributed by atoms with Crippen LogP contribution in [-0.2, 0) is 9.84 Å². The fourth-order valence-electron chi connectivity index (χ4n) is 1.63. The third kappa shape index (κ3) is 3.71. The molecule has 0 amide bonds. The van der Waals surface area contributed by atoms with Crippen LogP contribution in [0.5, 0.6) is 0 Å². The molecule has 1 heterocycles. The van der Waals surface area contributed by atoms with Crippen molar-refractivity contribution in [3.8, 4) is 0 Å². The topological polar surface area (TPSA) is 37.4 Å².